The Balaban J connectivity index is 1.81. The highest BCUT2D eigenvalue weighted by Gasteiger charge is 2.04. The summed E-state index contributed by atoms with van der Waals surface area (Å²) in [5, 5.41) is 8.96. The molecule has 1 aromatic carbocycles. The topological polar surface area (TPSA) is 42.7 Å². The molecule has 0 amide bonds. The minimum absolute atomic E-state index is 0.760. The Kier molecular flexibility index (Phi) is 3.63. The largest absolute Gasteiger partial charge is 0.378 e. The maximum atomic E-state index is 4.45. The highest BCUT2D eigenvalue weighted by atomic mass is 15.3. The van der Waals surface area contributed by atoms with Gasteiger partial charge in [-0.3, -0.25) is 9.67 Å². The standard InChI is InChI=1S/C16H18N4/c1-2-11-20-14(8-10-19-20)12-18-15-7-3-5-13-6-4-9-17-16(13)15/h3-10,18H,2,11-12H2,1H3. The van der Waals surface area contributed by atoms with Crippen LogP contribution in [0.4, 0.5) is 5.69 Å². The van der Waals surface area contributed by atoms with Crippen LogP contribution in [-0.2, 0) is 13.1 Å². The number of pyridine rings is 1. The number of fused-ring (bicyclic) bond motifs is 1. The second-order valence-electron chi connectivity index (χ2n) is 4.78. The molecule has 0 atom stereocenters. The Morgan fingerprint density at radius 3 is 2.90 bits per heavy atom. The summed E-state index contributed by atoms with van der Waals surface area (Å²) in [6, 6.07) is 12.3. The van der Waals surface area contributed by atoms with Crippen molar-refractivity contribution in [1.82, 2.24) is 14.8 Å². The number of nitrogens with zero attached hydrogens (tertiary/aromatic N) is 3. The van der Waals surface area contributed by atoms with E-state index >= 15 is 0 Å². The van der Waals surface area contributed by atoms with Crippen LogP contribution >= 0.6 is 0 Å². The molecule has 102 valence electrons. The monoisotopic (exact) mass is 266 g/mol. The van der Waals surface area contributed by atoms with Crippen molar-refractivity contribution < 1.29 is 0 Å². The predicted molar refractivity (Wildman–Crippen MR) is 81.6 cm³/mol. The normalized spacial score (nSPS) is 10.8. The van der Waals surface area contributed by atoms with Gasteiger partial charge in [0.15, 0.2) is 0 Å². The minimum Gasteiger partial charge on any atom is -0.378 e. The zero-order valence-corrected chi connectivity index (χ0v) is 11.6. The van der Waals surface area contributed by atoms with Crippen LogP contribution in [0.1, 0.15) is 19.0 Å². The van der Waals surface area contributed by atoms with Gasteiger partial charge in [0.25, 0.3) is 0 Å². The van der Waals surface area contributed by atoms with E-state index in [1.807, 2.05) is 23.1 Å². The van der Waals surface area contributed by atoms with Crippen molar-refractivity contribution in [2.45, 2.75) is 26.4 Å². The summed E-state index contributed by atoms with van der Waals surface area (Å²) in [6.07, 6.45) is 4.77. The van der Waals surface area contributed by atoms with Gasteiger partial charge in [0.2, 0.25) is 0 Å². The molecule has 1 N–H and O–H groups in total. The summed E-state index contributed by atoms with van der Waals surface area (Å²) in [5.41, 5.74) is 3.27. The van der Waals surface area contributed by atoms with Crippen LogP contribution in [0.25, 0.3) is 10.9 Å². The molecule has 0 aliphatic rings. The van der Waals surface area contributed by atoms with Crippen LogP contribution in [0.2, 0.25) is 0 Å². The van der Waals surface area contributed by atoms with Crippen LogP contribution in [-0.4, -0.2) is 14.8 Å². The first-order chi connectivity index (χ1) is 9.88. The molecule has 2 heterocycles. The maximum Gasteiger partial charge on any atom is 0.0933 e. The van der Waals surface area contributed by atoms with Crippen molar-refractivity contribution in [2.24, 2.45) is 0 Å². The Morgan fingerprint density at radius 1 is 1.10 bits per heavy atom. The molecule has 0 spiro atoms. The summed E-state index contributed by atoms with van der Waals surface area (Å²) >= 11 is 0. The summed E-state index contributed by atoms with van der Waals surface area (Å²) in [5.74, 6) is 0. The van der Waals surface area contributed by atoms with Gasteiger partial charge in [0.1, 0.15) is 0 Å². The molecular formula is C16H18N4. The molecule has 0 unspecified atom stereocenters. The van der Waals surface area contributed by atoms with E-state index in [4.69, 9.17) is 0 Å². The first-order valence-electron chi connectivity index (χ1n) is 6.97. The molecule has 3 rings (SSSR count). The van der Waals surface area contributed by atoms with Crippen molar-refractivity contribution >= 4 is 16.6 Å². The number of anilines is 1. The SMILES string of the molecule is CCCn1nccc1CNc1cccc2cccnc12. The van der Waals surface area contributed by atoms with Crippen LogP contribution < -0.4 is 5.32 Å². The lowest BCUT2D eigenvalue weighted by Gasteiger charge is -2.10. The number of aryl methyl sites for hydroxylation is 1. The third-order valence-corrected chi connectivity index (χ3v) is 3.33. The van der Waals surface area contributed by atoms with Crippen molar-refractivity contribution in [1.29, 1.82) is 0 Å². The molecule has 0 bridgehead atoms. The van der Waals surface area contributed by atoms with Gasteiger partial charge in [-0.2, -0.15) is 5.10 Å². The van der Waals surface area contributed by atoms with Crippen molar-refractivity contribution in [3.05, 3.63) is 54.5 Å². The number of hydrogen-bond acceptors (Lipinski definition) is 3. The summed E-state index contributed by atoms with van der Waals surface area (Å²) in [7, 11) is 0. The highest BCUT2D eigenvalue weighted by Crippen LogP contribution is 2.21. The lowest BCUT2D eigenvalue weighted by atomic mass is 10.2. The van der Waals surface area contributed by atoms with E-state index in [2.05, 4.69) is 52.7 Å². The Bertz CT molecular complexity index is 697. The average molecular weight is 266 g/mol. The zero-order valence-electron chi connectivity index (χ0n) is 11.6. The predicted octanol–water partition coefficient (Wildman–Crippen LogP) is 3.45. The van der Waals surface area contributed by atoms with E-state index in [0.29, 0.717) is 0 Å². The number of hydrogen-bond donors (Lipinski definition) is 1. The van der Waals surface area contributed by atoms with Gasteiger partial charge in [-0.1, -0.05) is 25.1 Å². The van der Waals surface area contributed by atoms with Gasteiger partial charge in [0, 0.05) is 24.3 Å². The second kappa shape index (κ2) is 5.74. The van der Waals surface area contributed by atoms with Crippen molar-refractivity contribution in [2.75, 3.05) is 5.32 Å². The van der Waals surface area contributed by atoms with E-state index in [9.17, 15) is 0 Å². The molecule has 2 aromatic heterocycles. The number of aromatic nitrogens is 3. The molecule has 0 aliphatic heterocycles. The second-order valence-corrected chi connectivity index (χ2v) is 4.78. The molecule has 0 saturated carbocycles. The number of benzene rings is 1. The molecule has 0 aliphatic carbocycles. The maximum absolute atomic E-state index is 4.45. The highest BCUT2D eigenvalue weighted by molar-refractivity contribution is 5.90. The van der Waals surface area contributed by atoms with E-state index in [0.717, 1.165) is 36.1 Å². The molecule has 4 nitrogen and oxygen atoms in total. The Hall–Kier alpha value is -2.36. The van der Waals surface area contributed by atoms with Gasteiger partial charge in [-0.05, 0) is 24.6 Å². The molecule has 0 radical (unpaired) electrons. The first kappa shape index (κ1) is 12.7. The van der Waals surface area contributed by atoms with Gasteiger partial charge in [-0.15, -0.1) is 0 Å². The lowest BCUT2D eigenvalue weighted by Crippen LogP contribution is -2.09. The van der Waals surface area contributed by atoms with Gasteiger partial charge < -0.3 is 5.32 Å². The lowest BCUT2D eigenvalue weighted by molar-refractivity contribution is 0.578. The Morgan fingerprint density at radius 2 is 2.00 bits per heavy atom. The van der Waals surface area contributed by atoms with Crippen LogP contribution in [0.3, 0.4) is 0 Å². The first-order valence-corrected chi connectivity index (χ1v) is 6.97. The number of para-hydroxylation sites is 1. The van der Waals surface area contributed by atoms with E-state index in [1.54, 1.807) is 0 Å². The fraction of sp³-hybridized carbons (Fsp3) is 0.250. The van der Waals surface area contributed by atoms with E-state index < -0.39 is 0 Å². The molecule has 3 aromatic rings. The van der Waals surface area contributed by atoms with Crippen molar-refractivity contribution in [3.63, 3.8) is 0 Å². The average Bonchev–Trinajstić information content (AvgIpc) is 2.93. The molecule has 4 heteroatoms. The van der Waals surface area contributed by atoms with Gasteiger partial charge in [-0.25, -0.2) is 0 Å². The third-order valence-electron chi connectivity index (χ3n) is 3.33. The quantitative estimate of drug-likeness (QED) is 0.769. The van der Waals surface area contributed by atoms with Gasteiger partial charge >= 0.3 is 0 Å². The van der Waals surface area contributed by atoms with Crippen molar-refractivity contribution in [3.8, 4) is 0 Å². The van der Waals surface area contributed by atoms with E-state index in [1.165, 1.54) is 5.69 Å². The summed E-state index contributed by atoms with van der Waals surface area (Å²) in [4.78, 5) is 4.45. The smallest absolute Gasteiger partial charge is 0.0933 e. The number of rotatable bonds is 5. The number of nitrogens with one attached hydrogen (secondary N) is 1. The van der Waals surface area contributed by atoms with Crippen LogP contribution in [0.15, 0.2) is 48.8 Å². The fourth-order valence-electron chi connectivity index (χ4n) is 2.36. The third kappa shape index (κ3) is 2.50. The molecule has 20 heavy (non-hydrogen) atoms. The fourth-order valence-corrected chi connectivity index (χ4v) is 2.36. The zero-order chi connectivity index (χ0) is 13.8. The van der Waals surface area contributed by atoms with E-state index in [-0.39, 0.29) is 0 Å². The van der Waals surface area contributed by atoms with Crippen LogP contribution in [0.5, 0.6) is 0 Å². The molecule has 0 fully saturated rings. The molecule has 0 saturated heterocycles. The Labute approximate surface area is 118 Å². The minimum atomic E-state index is 0.760. The summed E-state index contributed by atoms with van der Waals surface area (Å²) < 4.78 is 2.05. The molecular weight excluding hydrogens is 248 g/mol. The van der Waals surface area contributed by atoms with Gasteiger partial charge in [0.05, 0.1) is 23.4 Å². The summed E-state index contributed by atoms with van der Waals surface area (Å²) in [6.45, 7) is 3.88. The van der Waals surface area contributed by atoms with Crippen LogP contribution in [0, 0.1) is 0 Å².